The molecular weight excluding hydrogens is 240 g/mol. The molecule has 0 radical (unpaired) electrons. The highest BCUT2D eigenvalue weighted by Crippen LogP contribution is 2.24. The van der Waals surface area contributed by atoms with Crippen LogP contribution in [0.25, 0.3) is 0 Å². The molecule has 6 nitrogen and oxygen atoms in total. The van der Waals surface area contributed by atoms with E-state index in [2.05, 4.69) is 0 Å². The maximum absolute atomic E-state index is 11.2. The van der Waals surface area contributed by atoms with Gasteiger partial charge in [-0.15, -0.1) is 0 Å². The molecule has 0 amide bonds. The molecule has 0 spiro atoms. The normalized spacial score (nSPS) is 11.4. The van der Waals surface area contributed by atoms with E-state index in [0.717, 1.165) is 12.2 Å². The topological polar surface area (TPSA) is 107 Å². The number of esters is 1. The lowest BCUT2D eigenvalue weighted by atomic mass is 10.3. The number of benzene rings is 1. The van der Waals surface area contributed by atoms with E-state index in [1.54, 1.807) is 12.1 Å². The van der Waals surface area contributed by atoms with Gasteiger partial charge >= 0.3 is 11.9 Å². The molecule has 18 heavy (non-hydrogen) atoms. The van der Waals surface area contributed by atoms with Crippen LogP contribution in [-0.4, -0.2) is 22.2 Å². The van der Waals surface area contributed by atoms with Gasteiger partial charge in [-0.25, -0.2) is 9.59 Å². The van der Waals surface area contributed by atoms with Crippen LogP contribution in [0.3, 0.4) is 0 Å². The van der Waals surface area contributed by atoms with Gasteiger partial charge in [-0.05, 0) is 17.9 Å². The second kappa shape index (κ2) is 6.09. The van der Waals surface area contributed by atoms with Crippen LogP contribution in [-0.2, 0) is 9.59 Å². The van der Waals surface area contributed by atoms with E-state index in [1.165, 1.54) is 12.1 Å². The number of rotatable bonds is 4. The molecule has 0 aliphatic heterocycles. The Hall–Kier alpha value is -2.76. The van der Waals surface area contributed by atoms with Gasteiger partial charge < -0.3 is 20.1 Å². The Balaban J connectivity index is 2.63. The Kier molecular flexibility index (Phi) is 4.50. The first-order valence-electron chi connectivity index (χ1n) is 4.79. The van der Waals surface area contributed by atoms with Crippen LogP contribution < -0.4 is 9.84 Å². The minimum Gasteiger partial charge on any atom is -0.868 e. The van der Waals surface area contributed by atoms with E-state index in [-0.39, 0.29) is 11.5 Å². The number of carboxylic acids is 1. The highest BCUT2D eigenvalue weighted by Gasteiger charge is 2.04. The van der Waals surface area contributed by atoms with Gasteiger partial charge in [-0.3, -0.25) is 0 Å². The Morgan fingerprint density at radius 1 is 1.28 bits per heavy atom. The number of hydrogen-bond donors (Lipinski definition) is 2. The van der Waals surface area contributed by atoms with Crippen LogP contribution in [0.4, 0.5) is 0 Å². The molecule has 0 unspecified atom stereocenters. The lowest BCUT2D eigenvalue weighted by molar-refractivity contribution is -0.302. The van der Waals surface area contributed by atoms with Crippen molar-refractivity contribution in [3.8, 4) is 11.5 Å². The van der Waals surface area contributed by atoms with Crippen LogP contribution in [0.5, 0.6) is 11.5 Å². The standard InChI is InChI=1S/C12H10O6/c13-8-4-1-2-6-10(8)18-11(15)7-3-5-9(14)12(16)17/h1-7,13-14H,(H,16,17)/p-1/b7-3+,9-5-. The summed E-state index contributed by atoms with van der Waals surface area (Å²) in [5, 5.41) is 28.2. The van der Waals surface area contributed by atoms with Crippen LogP contribution in [0.1, 0.15) is 0 Å². The molecule has 0 aromatic heterocycles. The number of carboxylic acid groups (broad SMARTS) is 1. The summed E-state index contributed by atoms with van der Waals surface area (Å²) in [6.45, 7) is 0. The molecular formula is C12H9O6-. The third-order valence-electron chi connectivity index (χ3n) is 1.77. The number of carbonyl (C=O) groups excluding carboxylic acids is 1. The predicted octanol–water partition coefficient (Wildman–Crippen LogP) is 0.183. The van der Waals surface area contributed by atoms with Crippen molar-refractivity contribution in [2.24, 2.45) is 0 Å². The van der Waals surface area contributed by atoms with E-state index in [0.29, 0.717) is 6.08 Å². The monoisotopic (exact) mass is 249 g/mol. The van der Waals surface area contributed by atoms with E-state index >= 15 is 0 Å². The average Bonchev–Trinajstić information content (AvgIpc) is 2.32. The fourth-order valence-electron chi connectivity index (χ4n) is 0.971. The van der Waals surface area contributed by atoms with Crippen molar-refractivity contribution >= 4 is 11.9 Å². The molecule has 2 N–H and O–H groups in total. The number of phenolic OH excluding ortho intramolecular Hbond substituents is 1. The van der Waals surface area contributed by atoms with E-state index in [4.69, 9.17) is 9.84 Å². The summed E-state index contributed by atoms with van der Waals surface area (Å²) in [5.74, 6) is -3.84. The molecule has 6 heteroatoms. The third-order valence-corrected chi connectivity index (χ3v) is 1.77. The van der Waals surface area contributed by atoms with Gasteiger partial charge in [-0.1, -0.05) is 24.3 Å². The summed E-state index contributed by atoms with van der Waals surface area (Å²) >= 11 is 0. The van der Waals surface area contributed by atoms with Crippen molar-refractivity contribution < 1.29 is 29.6 Å². The van der Waals surface area contributed by atoms with Gasteiger partial charge in [-0.2, -0.15) is 0 Å². The summed E-state index contributed by atoms with van der Waals surface area (Å²) in [4.78, 5) is 21.4. The molecule has 0 heterocycles. The van der Waals surface area contributed by atoms with Crippen LogP contribution >= 0.6 is 0 Å². The van der Waals surface area contributed by atoms with Crippen molar-refractivity contribution in [1.29, 1.82) is 0 Å². The molecule has 1 aromatic rings. The smallest absolute Gasteiger partial charge is 0.336 e. The number of allylic oxidation sites excluding steroid dienone is 2. The van der Waals surface area contributed by atoms with E-state index < -0.39 is 17.7 Å². The van der Waals surface area contributed by atoms with Crippen molar-refractivity contribution in [2.75, 3.05) is 0 Å². The van der Waals surface area contributed by atoms with Gasteiger partial charge in [0.2, 0.25) is 0 Å². The van der Waals surface area contributed by atoms with E-state index in [9.17, 15) is 19.8 Å². The fourth-order valence-corrected chi connectivity index (χ4v) is 0.971. The number of hydrogen-bond acceptors (Lipinski definition) is 5. The Morgan fingerprint density at radius 3 is 2.56 bits per heavy atom. The minimum absolute atomic E-state index is 0.0308. The quantitative estimate of drug-likeness (QED) is 0.259. The Morgan fingerprint density at radius 2 is 1.94 bits per heavy atom. The van der Waals surface area contributed by atoms with Crippen LogP contribution in [0, 0.1) is 0 Å². The van der Waals surface area contributed by atoms with Gasteiger partial charge in [0.1, 0.15) is 0 Å². The van der Waals surface area contributed by atoms with Gasteiger partial charge in [0.15, 0.2) is 11.5 Å². The summed E-state index contributed by atoms with van der Waals surface area (Å²) in [5.41, 5.74) is 0. The van der Waals surface area contributed by atoms with Gasteiger partial charge in [0.25, 0.3) is 0 Å². The number of aliphatic carboxylic acids is 1. The Bertz CT molecular complexity index is 515. The maximum atomic E-state index is 11.2. The number of carbonyl (C=O) groups is 2. The summed E-state index contributed by atoms with van der Waals surface area (Å²) in [7, 11) is 0. The fraction of sp³-hybridized carbons (Fsp3) is 0. The predicted molar refractivity (Wildman–Crippen MR) is 58.6 cm³/mol. The zero-order chi connectivity index (χ0) is 13.5. The second-order valence-corrected chi connectivity index (χ2v) is 3.08. The zero-order valence-electron chi connectivity index (χ0n) is 9.07. The molecule has 94 valence electrons. The molecule has 0 saturated heterocycles. The lowest BCUT2D eigenvalue weighted by Crippen LogP contribution is -2.13. The molecule has 0 aliphatic carbocycles. The molecule has 0 saturated carbocycles. The highest BCUT2D eigenvalue weighted by molar-refractivity contribution is 5.86. The summed E-state index contributed by atoms with van der Waals surface area (Å²) in [6, 6.07) is 5.84. The number of para-hydroxylation sites is 2. The number of ether oxygens (including phenoxy) is 1. The molecule has 0 aliphatic rings. The first-order valence-corrected chi connectivity index (χ1v) is 4.79. The largest absolute Gasteiger partial charge is 0.868 e. The summed E-state index contributed by atoms with van der Waals surface area (Å²) < 4.78 is 4.73. The molecule has 0 atom stereocenters. The second-order valence-electron chi connectivity index (χ2n) is 3.08. The number of phenols is 1. The molecule has 1 aromatic carbocycles. The Labute approximate surface area is 102 Å². The SMILES string of the molecule is O=C(/C=C/C=C(\[O-])C(=O)O)Oc1ccccc1O. The van der Waals surface area contributed by atoms with E-state index in [1.807, 2.05) is 0 Å². The van der Waals surface area contributed by atoms with Crippen LogP contribution in [0.15, 0.2) is 48.3 Å². The number of aromatic hydroxyl groups is 1. The summed E-state index contributed by atoms with van der Waals surface area (Å²) in [6.07, 6.45) is 2.54. The molecule has 1 rings (SSSR count). The van der Waals surface area contributed by atoms with Gasteiger partial charge in [0, 0.05) is 6.08 Å². The zero-order valence-corrected chi connectivity index (χ0v) is 9.07. The van der Waals surface area contributed by atoms with Crippen molar-refractivity contribution in [2.45, 2.75) is 0 Å². The average molecular weight is 249 g/mol. The third kappa shape index (κ3) is 4.01. The molecule has 0 bridgehead atoms. The highest BCUT2D eigenvalue weighted by atomic mass is 16.5. The van der Waals surface area contributed by atoms with Crippen molar-refractivity contribution in [3.63, 3.8) is 0 Å². The van der Waals surface area contributed by atoms with Crippen molar-refractivity contribution in [1.82, 2.24) is 0 Å². The van der Waals surface area contributed by atoms with Crippen molar-refractivity contribution in [3.05, 3.63) is 48.3 Å². The minimum atomic E-state index is -1.62. The first-order chi connectivity index (χ1) is 8.50. The lowest BCUT2D eigenvalue weighted by Gasteiger charge is -2.03. The maximum Gasteiger partial charge on any atom is 0.336 e. The van der Waals surface area contributed by atoms with Crippen LogP contribution in [0.2, 0.25) is 0 Å². The molecule has 0 fully saturated rings. The van der Waals surface area contributed by atoms with Gasteiger partial charge in [0.05, 0.1) is 0 Å². The first kappa shape index (κ1) is 13.3.